The first-order chi connectivity index (χ1) is 19.6. The number of aromatic amines is 1. The number of carbonyl (C=O) groups excluding carboxylic acids is 4. The summed E-state index contributed by atoms with van der Waals surface area (Å²) in [5.74, 6) is -0.650. The van der Waals surface area contributed by atoms with Gasteiger partial charge in [0.25, 0.3) is 0 Å². The number of rotatable bonds is 7. The lowest BCUT2D eigenvalue weighted by Crippen LogP contribution is -2.66. The van der Waals surface area contributed by atoms with Crippen LogP contribution in [0.3, 0.4) is 0 Å². The molecule has 0 bridgehead atoms. The summed E-state index contributed by atoms with van der Waals surface area (Å²) in [6.07, 6.45) is 2.81. The lowest BCUT2D eigenvalue weighted by Gasteiger charge is -2.46. The first-order valence-corrected chi connectivity index (χ1v) is 14.1. The number of ether oxygens (including phenoxy) is 1. The third kappa shape index (κ3) is 6.53. The molecule has 0 unspecified atom stereocenters. The van der Waals surface area contributed by atoms with Crippen molar-refractivity contribution in [2.45, 2.75) is 76.7 Å². The number of benzene rings is 2. The van der Waals surface area contributed by atoms with Gasteiger partial charge in [0.05, 0.1) is 12.6 Å². The molecule has 216 valence electrons. The monoisotopic (exact) mass is 559 g/mol. The molecule has 10 heteroatoms. The quantitative estimate of drug-likeness (QED) is 0.402. The van der Waals surface area contributed by atoms with Crippen LogP contribution in [0.1, 0.15) is 51.2 Å². The average molecular weight is 560 g/mol. The molecule has 2 fully saturated rings. The van der Waals surface area contributed by atoms with E-state index in [2.05, 4.69) is 15.6 Å². The number of amides is 5. The zero-order chi connectivity index (χ0) is 29.1. The van der Waals surface area contributed by atoms with E-state index in [4.69, 9.17) is 4.74 Å². The van der Waals surface area contributed by atoms with Gasteiger partial charge >= 0.3 is 12.1 Å². The van der Waals surface area contributed by atoms with E-state index in [1.54, 1.807) is 25.7 Å². The van der Waals surface area contributed by atoms with Crippen LogP contribution in [0.25, 0.3) is 10.9 Å². The minimum Gasteiger partial charge on any atom is -0.444 e. The van der Waals surface area contributed by atoms with Crippen molar-refractivity contribution in [3.05, 3.63) is 71.9 Å². The minimum atomic E-state index is -0.927. The number of piperidine rings is 1. The molecule has 3 aromatic rings. The number of para-hydroxylation sites is 1. The molecule has 1 aromatic heterocycles. The van der Waals surface area contributed by atoms with Gasteiger partial charge in [-0.3, -0.25) is 14.5 Å². The van der Waals surface area contributed by atoms with E-state index < -0.39 is 29.8 Å². The topological polar surface area (TPSA) is 124 Å². The molecule has 5 rings (SSSR count). The summed E-state index contributed by atoms with van der Waals surface area (Å²) in [6.45, 7) is 6.01. The van der Waals surface area contributed by atoms with Crippen LogP contribution in [0, 0.1) is 0 Å². The third-order valence-electron chi connectivity index (χ3n) is 7.56. The fourth-order valence-corrected chi connectivity index (χ4v) is 5.65. The maximum absolute atomic E-state index is 13.7. The van der Waals surface area contributed by atoms with E-state index in [-0.39, 0.29) is 37.2 Å². The number of alkyl carbamates (subject to hydrolysis) is 1. The highest BCUT2D eigenvalue weighted by atomic mass is 16.6. The Morgan fingerprint density at radius 1 is 1.07 bits per heavy atom. The van der Waals surface area contributed by atoms with Gasteiger partial charge in [0, 0.05) is 42.5 Å². The van der Waals surface area contributed by atoms with Crippen molar-refractivity contribution in [3.8, 4) is 0 Å². The van der Waals surface area contributed by atoms with Crippen LogP contribution in [0.5, 0.6) is 0 Å². The van der Waals surface area contributed by atoms with E-state index in [9.17, 15) is 19.2 Å². The lowest BCUT2D eigenvalue weighted by molar-refractivity contribution is -0.135. The molecule has 10 nitrogen and oxygen atoms in total. The second-order valence-corrected chi connectivity index (χ2v) is 11.7. The van der Waals surface area contributed by atoms with Gasteiger partial charge in [-0.15, -0.1) is 0 Å². The molecule has 2 saturated heterocycles. The number of aromatic nitrogens is 1. The fourth-order valence-electron chi connectivity index (χ4n) is 5.65. The first kappa shape index (κ1) is 28.2. The Morgan fingerprint density at radius 2 is 1.80 bits per heavy atom. The molecule has 3 N–H and O–H groups in total. The highest BCUT2D eigenvalue weighted by molar-refractivity contribution is 5.97. The molecule has 2 aliphatic heterocycles. The number of carbonyl (C=O) groups is 4. The summed E-state index contributed by atoms with van der Waals surface area (Å²) >= 11 is 0. The Balaban J connectivity index is 1.32. The molecule has 0 aliphatic carbocycles. The molecule has 3 atom stereocenters. The van der Waals surface area contributed by atoms with Crippen LogP contribution in [0.4, 0.5) is 9.59 Å². The fraction of sp³-hybridized carbons (Fsp3) is 0.419. The molecule has 2 aliphatic rings. The average Bonchev–Trinajstić information content (AvgIpc) is 3.33. The van der Waals surface area contributed by atoms with Gasteiger partial charge in [-0.1, -0.05) is 48.5 Å². The number of H-pyrrole nitrogens is 1. The van der Waals surface area contributed by atoms with Crippen molar-refractivity contribution in [1.29, 1.82) is 0 Å². The summed E-state index contributed by atoms with van der Waals surface area (Å²) in [5.41, 5.74) is 1.95. The van der Waals surface area contributed by atoms with Gasteiger partial charge < -0.3 is 25.3 Å². The van der Waals surface area contributed by atoms with Crippen LogP contribution in [-0.4, -0.2) is 69.0 Å². The smallest absolute Gasteiger partial charge is 0.408 e. The van der Waals surface area contributed by atoms with Crippen molar-refractivity contribution >= 4 is 34.8 Å². The number of hydrogen-bond acceptors (Lipinski definition) is 5. The number of nitrogens with one attached hydrogen (secondary N) is 3. The molecule has 0 spiro atoms. The SMILES string of the molecule is CC(C)(C)OC(=O)N[C@H](Cc1c[nH]c2ccccc12)C(=O)N[C@H]1CCCN2C(=O)N(Cc3ccccc3)C(=O)C[C@H]12. The summed E-state index contributed by atoms with van der Waals surface area (Å²) in [4.78, 5) is 59.2. The Labute approximate surface area is 239 Å². The molecular weight excluding hydrogens is 522 g/mol. The molecule has 5 amide bonds. The molecule has 0 saturated carbocycles. The van der Waals surface area contributed by atoms with E-state index in [1.165, 1.54) is 4.90 Å². The summed E-state index contributed by atoms with van der Waals surface area (Å²) in [5, 5.41) is 6.78. The number of fused-ring (bicyclic) bond motifs is 2. The predicted molar refractivity (Wildman–Crippen MR) is 154 cm³/mol. The molecular formula is C31H37N5O5. The standard InChI is InChI=1S/C31H37N5O5/c1-31(2,3)41-29(39)34-25(16-21-18-32-23-13-8-7-12-22(21)23)28(38)33-24-14-9-15-35-26(24)17-27(37)36(30(35)40)19-20-10-5-4-6-11-20/h4-8,10-13,18,24-26,32H,9,14-17,19H2,1-3H3,(H,33,38)(H,34,39)/t24-,25+,26+/m0/s1. The zero-order valence-corrected chi connectivity index (χ0v) is 23.7. The van der Waals surface area contributed by atoms with Crippen molar-refractivity contribution < 1.29 is 23.9 Å². The van der Waals surface area contributed by atoms with Gasteiger partial charge in [0.15, 0.2) is 0 Å². The van der Waals surface area contributed by atoms with Crippen LogP contribution in [0.2, 0.25) is 0 Å². The van der Waals surface area contributed by atoms with Gasteiger partial charge in [0.1, 0.15) is 11.6 Å². The van der Waals surface area contributed by atoms with E-state index in [0.29, 0.717) is 19.4 Å². The lowest BCUT2D eigenvalue weighted by atomic mass is 9.91. The van der Waals surface area contributed by atoms with Crippen LogP contribution in [-0.2, 0) is 27.3 Å². The summed E-state index contributed by atoms with van der Waals surface area (Å²) in [7, 11) is 0. The Bertz CT molecular complexity index is 1430. The van der Waals surface area contributed by atoms with Gasteiger partial charge in [0.2, 0.25) is 11.8 Å². The molecule has 0 radical (unpaired) electrons. The number of imide groups is 1. The second-order valence-electron chi connectivity index (χ2n) is 11.7. The number of hydrogen-bond donors (Lipinski definition) is 3. The summed E-state index contributed by atoms with van der Waals surface area (Å²) < 4.78 is 5.45. The van der Waals surface area contributed by atoms with E-state index in [1.807, 2.05) is 60.8 Å². The number of nitrogens with zero attached hydrogens (tertiary/aromatic N) is 2. The molecule has 41 heavy (non-hydrogen) atoms. The highest BCUT2D eigenvalue weighted by Gasteiger charge is 2.45. The van der Waals surface area contributed by atoms with Crippen molar-refractivity contribution in [2.75, 3.05) is 6.54 Å². The Morgan fingerprint density at radius 3 is 2.56 bits per heavy atom. The Hall–Kier alpha value is -4.34. The zero-order valence-electron chi connectivity index (χ0n) is 23.7. The Kier molecular flexibility index (Phi) is 8.01. The van der Waals surface area contributed by atoms with Gasteiger partial charge in [-0.2, -0.15) is 0 Å². The number of urea groups is 1. The normalized spacial score (nSPS) is 20.0. The van der Waals surface area contributed by atoms with Crippen molar-refractivity contribution in [1.82, 2.24) is 25.4 Å². The maximum atomic E-state index is 13.7. The second kappa shape index (κ2) is 11.6. The van der Waals surface area contributed by atoms with Crippen LogP contribution >= 0.6 is 0 Å². The maximum Gasteiger partial charge on any atom is 0.408 e. The minimum absolute atomic E-state index is 0.121. The molecule has 3 heterocycles. The van der Waals surface area contributed by atoms with Gasteiger partial charge in [-0.05, 0) is 50.8 Å². The van der Waals surface area contributed by atoms with Gasteiger partial charge in [-0.25, -0.2) is 9.59 Å². The van der Waals surface area contributed by atoms with Crippen LogP contribution < -0.4 is 10.6 Å². The molecule has 2 aromatic carbocycles. The van der Waals surface area contributed by atoms with Crippen molar-refractivity contribution in [3.63, 3.8) is 0 Å². The highest BCUT2D eigenvalue weighted by Crippen LogP contribution is 2.28. The van der Waals surface area contributed by atoms with E-state index in [0.717, 1.165) is 22.0 Å². The first-order valence-electron chi connectivity index (χ1n) is 14.1. The van der Waals surface area contributed by atoms with E-state index >= 15 is 0 Å². The summed E-state index contributed by atoms with van der Waals surface area (Å²) in [6, 6.07) is 15.0. The third-order valence-corrected chi connectivity index (χ3v) is 7.56. The predicted octanol–water partition coefficient (Wildman–Crippen LogP) is 4.11. The van der Waals surface area contributed by atoms with Crippen molar-refractivity contribution in [2.24, 2.45) is 0 Å². The van der Waals surface area contributed by atoms with Crippen LogP contribution in [0.15, 0.2) is 60.8 Å². The largest absolute Gasteiger partial charge is 0.444 e.